The Labute approximate surface area is 102 Å². The van der Waals surface area contributed by atoms with Gasteiger partial charge in [0.25, 0.3) is 0 Å². The van der Waals surface area contributed by atoms with Gasteiger partial charge in [-0.25, -0.2) is 13.8 Å². The summed E-state index contributed by atoms with van der Waals surface area (Å²) in [6.07, 6.45) is 0. The van der Waals surface area contributed by atoms with Crippen LogP contribution in [0.4, 0.5) is 8.78 Å². The average Bonchev–Trinajstić information content (AvgIpc) is 2.60. The number of rotatable bonds is 2. The first-order valence-electron chi connectivity index (χ1n) is 5.18. The normalized spacial score (nSPS) is 12.8. The fourth-order valence-electron chi connectivity index (χ4n) is 1.64. The molecule has 0 aliphatic carbocycles. The maximum Gasteiger partial charge on any atom is 0.136 e. The zero-order valence-corrected chi connectivity index (χ0v) is 10.3. The van der Waals surface area contributed by atoms with Crippen LogP contribution in [0.5, 0.6) is 0 Å². The molecule has 0 spiro atoms. The number of nitrogens with two attached hydrogens (primary N) is 1. The van der Waals surface area contributed by atoms with E-state index in [1.165, 1.54) is 29.5 Å². The number of aromatic nitrogens is 1. The first-order valence-corrected chi connectivity index (χ1v) is 5.99. The zero-order chi connectivity index (χ0) is 12.6. The van der Waals surface area contributed by atoms with Crippen molar-refractivity contribution in [3.63, 3.8) is 0 Å². The van der Waals surface area contributed by atoms with Crippen molar-refractivity contribution in [1.82, 2.24) is 4.98 Å². The van der Waals surface area contributed by atoms with Gasteiger partial charge in [0.2, 0.25) is 0 Å². The highest BCUT2D eigenvalue weighted by Crippen LogP contribution is 2.33. The molecule has 2 nitrogen and oxygen atoms in total. The Balaban J connectivity index is 2.58. The summed E-state index contributed by atoms with van der Waals surface area (Å²) in [5, 5.41) is 0.338. The maximum atomic E-state index is 13.6. The third-order valence-electron chi connectivity index (χ3n) is 2.42. The van der Waals surface area contributed by atoms with E-state index < -0.39 is 11.6 Å². The summed E-state index contributed by atoms with van der Waals surface area (Å²) in [5.74, 6) is -1.20. The highest BCUT2D eigenvalue weighted by molar-refractivity contribution is 7.15. The molecule has 1 aromatic heterocycles. The molecule has 90 valence electrons. The lowest BCUT2D eigenvalue weighted by molar-refractivity contribution is 0.589. The van der Waals surface area contributed by atoms with E-state index in [-0.39, 0.29) is 11.6 Å². The van der Waals surface area contributed by atoms with E-state index in [1.807, 2.05) is 6.92 Å². The minimum absolute atomic E-state index is 0.0764. The summed E-state index contributed by atoms with van der Waals surface area (Å²) in [7, 11) is 0. The Kier molecular flexibility index (Phi) is 3.22. The minimum atomic E-state index is -0.602. The molecule has 0 radical (unpaired) electrons. The molecule has 0 fully saturated rings. The fraction of sp³-hybridized carbons (Fsp3) is 0.250. The van der Waals surface area contributed by atoms with Gasteiger partial charge in [-0.2, -0.15) is 0 Å². The SMILES string of the molecule is Cc1nc(-c2c(F)cccc2F)sc1C(C)N. The molecule has 1 aromatic carbocycles. The summed E-state index contributed by atoms with van der Waals surface area (Å²) in [4.78, 5) is 5.03. The van der Waals surface area contributed by atoms with Gasteiger partial charge in [0.1, 0.15) is 16.6 Å². The molecule has 0 aliphatic rings. The summed E-state index contributed by atoms with van der Waals surface area (Å²) < 4.78 is 27.1. The highest BCUT2D eigenvalue weighted by atomic mass is 32.1. The van der Waals surface area contributed by atoms with E-state index in [2.05, 4.69) is 4.98 Å². The van der Waals surface area contributed by atoms with Gasteiger partial charge in [0, 0.05) is 10.9 Å². The van der Waals surface area contributed by atoms with E-state index in [9.17, 15) is 8.78 Å². The lowest BCUT2D eigenvalue weighted by Crippen LogP contribution is -2.03. The molecule has 0 bridgehead atoms. The molecule has 0 saturated heterocycles. The molecule has 2 N–H and O–H groups in total. The number of benzene rings is 1. The Morgan fingerprint density at radius 1 is 1.29 bits per heavy atom. The van der Waals surface area contributed by atoms with Crippen molar-refractivity contribution in [2.45, 2.75) is 19.9 Å². The first-order chi connectivity index (χ1) is 8.00. The molecule has 0 aliphatic heterocycles. The van der Waals surface area contributed by atoms with Crippen LogP contribution in [-0.4, -0.2) is 4.98 Å². The van der Waals surface area contributed by atoms with Crippen LogP contribution in [0.25, 0.3) is 10.6 Å². The van der Waals surface area contributed by atoms with Crippen molar-refractivity contribution < 1.29 is 8.78 Å². The quantitative estimate of drug-likeness (QED) is 0.891. The van der Waals surface area contributed by atoms with Crippen molar-refractivity contribution in [3.8, 4) is 10.6 Å². The van der Waals surface area contributed by atoms with E-state index in [4.69, 9.17) is 5.73 Å². The van der Waals surface area contributed by atoms with Crippen molar-refractivity contribution >= 4 is 11.3 Å². The van der Waals surface area contributed by atoms with Gasteiger partial charge in [0.05, 0.1) is 11.3 Å². The molecule has 2 rings (SSSR count). The lowest BCUT2D eigenvalue weighted by Gasteiger charge is -2.01. The number of nitrogens with zero attached hydrogens (tertiary/aromatic N) is 1. The van der Waals surface area contributed by atoms with Crippen molar-refractivity contribution in [3.05, 3.63) is 40.4 Å². The predicted octanol–water partition coefficient (Wildman–Crippen LogP) is 3.42. The van der Waals surface area contributed by atoms with Crippen LogP contribution in [0.2, 0.25) is 0 Å². The average molecular weight is 254 g/mol. The van der Waals surface area contributed by atoms with Crippen LogP contribution in [0.1, 0.15) is 23.5 Å². The molecule has 0 saturated carbocycles. The van der Waals surface area contributed by atoms with E-state index in [1.54, 1.807) is 6.92 Å². The van der Waals surface area contributed by atoms with Crippen molar-refractivity contribution in [1.29, 1.82) is 0 Å². The molecule has 5 heteroatoms. The molecule has 1 atom stereocenters. The Morgan fingerprint density at radius 3 is 2.35 bits per heavy atom. The van der Waals surface area contributed by atoms with Crippen molar-refractivity contribution in [2.75, 3.05) is 0 Å². The van der Waals surface area contributed by atoms with Crippen LogP contribution in [0.3, 0.4) is 0 Å². The zero-order valence-electron chi connectivity index (χ0n) is 9.50. The number of aryl methyl sites for hydroxylation is 1. The molecular weight excluding hydrogens is 242 g/mol. The number of hydrogen-bond donors (Lipinski definition) is 1. The summed E-state index contributed by atoms with van der Waals surface area (Å²) >= 11 is 1.23. The molecular formula is C12H12F2N2S. The molecule has 1 heterocycles. The largest absolute Gasteiger partial charge is 0.323 e. The third-order valence-corrected chi connectivity index (χ3v) is 3.80. The number of halogens is 2. The predicted molar refractivity (Wildman–Crippen MR) is 64.8 cm³/mol. The van der Waals surface area contributed by atoms with Gasteiger partial charge < -0.3 is 5.73 Å². The Morgan fingerprint density at radius 2 is 1.88 bits per heavy atom. The van der Waals surface area contributed by atoms with Gasteiger partial charge in [-0.05, 0) is 26.0 Å². The summed E-state index contributed by atoms with van der Waals surface area (Å²) in [5.41, 5.74) is 6.41. The molecule has 2 aromatic rings. The summed E-state index contributed by atoms with van der Waals surface area (Å²) in [6.45, 7) is 3.61. The molecule has 1 unspecified atom stereocenters. The number of hydrogen-bond acceptors (Lipinski definition) is 3. The van der Waals surface area contributed by atoms with Gasteiger partial charge in [-0.1, -0.05) is 6.07 Å². The Bertz CT molecular complexity index is 529. The van der Waals surface area contributed by atoms with Crippen LogP contribution >= 0.6 is 11.3 Å². The Hall–Kier alpha value is -1.33. The third kappa shape index (κ3) is 2.21. The minimum Gasteiger partial charge on any atom is -0.323 e. The standard InChI is InChI=1S/C12H12F2N2S/c1-6(15)11-7(2)16-12(17-11)10-8(13)4-3-5-9(10)14/h3-6H,15H2,1-2H3. The summed E-state index contributed by atoms with van der Waals surface area (Å²) in [6, 6.07) is 3.60. The van der Waals surface area contributed by atoms with E-state index in [0.29, 0.717) is 5.01 Å². The second-order valence-electron chi connectivity index (χ2n) is 3.85. The van der Waals surface area contributed by atoms with Crippen LogP contribution in [-0.2, 0) is 0 Å². The molecule has 0 amide bonds. The monoisotopic (exact) mass is 254 g/mol. The lowest BCUT2D eigenvalue weighted by atomic mass is 10.2. The van der Waals surface area contributed by atoms with Gasteiger partial charge in [-0.3, -0.25) is 0 Å². The van der Waals surface area contributed by atoms with Crippen LogP contribution in [0, 0.1) is 18.6 Å². The van der Waals surface area contributed by atoms with Gasteiger partial charge in [0.15, 0.2) is 0 Å². The topological polar surface area (TPSA) is 38.9 Å². The maximum absolute atomic E-state index is 13.6. The van der Waals surface area contributed by atoms with Gasteiger partial charge >= 0.3 is 0 Å². The van der Waals surface area contributed by atoms with Crippen LogP contribution < -0.4 is 5.73 Å². The number of thiazole rings is 1. The molecule has 17 heavy (non-hydrogen) atoms. The highest BCUT2D eigenvalue weighted by Gasteiger charge is 2.18. The second kappa shape index (κ2) is 4.50. The van der Waals surface area contributed by atoms with Crippen molar-refractivity contribution in [2.24, 2.45) is 5.73 Å². The van der Waals surface area contributed by atoms with E-state index in [0.717, 1.165) is 10.6 Å². The smallest absolute Gasteiger partial charge is 0.136 e. The fourth-order valence-corrected chi connectivity index (χ4v) is 2.71. The van der Waals surface area contributed by atoms with Crippen LogP contribution in [0.15, 0.2) is 18.2 Å². The second-order valence-corrected chi connectivity index (χ2v) is 4.88. The van der Waals surface area contributed by atoms with E-state index >= 15 is 0 Å². The van der Waals surface area contributed by atoms with Gasteiger partial charge in [-0.15, -0.1) is 11.3 Å². The first kappa shape index (κ1) is 12.1.